The average Bonchev–Trinajstić information content (AvgIpc) is 2.76. The van der Waals surface area contributed by atoms with Gasteiger partial charge >= 0.3 is 0 Å². The number of likely N-dealkylation sites (tertiary alicyclic amines) is 1. The van der Waals surface area contributed by atoms with Gasteiger partial charge < -0.3 is 14.9 Å². The molecule has 1 N–H and O–H groups in total. The number of nitrogens with zero attached hydrogens (tertiary/aromatic N) is 5. The van der Waals surface area contributed by atoms with E-state index < -0.39 is 0 Å². The fraction of sp³-hybridized carbons (Fsp3) is 0.591. The lowest BCUT2D eigenvalue weighted by Gasteiger charge is -2.40. The van der Waals surface area contributed by atoms with Crippen molar-refractivity contribution in [3.05, 3.63) is 34.9 Å². The van der Waals surface area contributed by atoms with Crippen molar-refractivity contribution in [2.45, 2.75) is 26.3 Å². The summed E-state index contributed by atoms with van der Waals surface area (Å²) in [6, 6.07) is 5.83. The van der Waals surface area contributed by atoms with E-state index in [0.717, 1.165) is 57.9 Å². The summed E-state index contributed by atoms with van der Waals surface area (Å²) in [6.45, 7) is 8.58. The second-order valence-electron chi connectivity index (χ2n) is 8.43. The quantitative estimate of drug-likeness (QED) is 0.780. The molecule has 8 heteroatoms. The first-order valence-electron chi connectivity index (χ1n) is 10.9. The molecule has 1 aromatic carbocycles. The second kappa shape index (κ2) is 9.14. The van der Waals surface area contributed by atoms with Gasteiger partial charge in [0.05, 0.1) is 30.4 Å². The van der Waals surface area contributed by atoms with Gasteiger partial charge in [0.15, 0.2) is 0 Å². The standard InChI is InChI=1S/C22H31N5O3/c1-17(29)26-6-2-3-18(15-26)14-24-7-9-25(10-8-24)19-4-5-20-21(13-19)23-16-27(11-12-28)22(20)30/h4-5,13,16,18,28H,2-3,6-12,14-15H2,1H3. The van der Waals surface area contributed by atoms with Gasteiger partial charge in [-0.25, -0.2) is 4.98 Å². The number of aliphatic hydroxyl groups is 1. The molecule has 0 spiro atoms. The largest absolute Gasteiger partial charge is 0.395 e. The molecule has 2 aromatic rings. The molecule has 2 fully saturated rings. The minimum absolute atomic E-state index is 0.0803. The number of carbonyl (C=O) groups excluding carboxylic acids is 1. The van der Waals surface area contributed by atoms with Crippen molar-refractivity contribution in [3.63, 3.8) is 0 Å². The maximum absolute atomic E-state index is 12.5. The number of piperidine rings is 1. The molecule has 2 aliphatic rings. The van der Waals surface area contributed by atoms with Crippen molar-refractivity contribution in [3.8, 4) is 0 Å². The Morgan fingerprint density at radius 2 is 2.00 bits per heavy atom. The Morgan fingerprint density at radius 3 is 2.73 bits per heavy atom. The number of aromatic nitrogens is 2. The molecular weight excluding hydrogens is 382 g/mol. The van der Waals surface area contributed by atoms with Crippen molar-refractivity contribution in [2.75, 3.05) is 57.3 Å². The highest BCUT2D eigenvalue weighted by atomic mass is 16.3. The summed E-state index contributed by atoms with van der Waals surface area (Å²) < 4.78 is 1.44. The van der Waals surface area contributed by atoms with E-state index in [0.29, 0.717) is 16.8 Å². The van der Waals surface area contributed by atoms with Crippen LogP contribution in [-0.4, -0.2) is 82.8 Å². The Hall–Kier alpha value is -2.45. The number of fused-ring (bicyclic) bond motifs is 1. The first-order valence-corrected chi connectivity index (χ1v) is 10.9. The van der Waals surface area contributed by atoms with Gasteiger partial charge in [0, 0.05) is 58.4 Å². The molecule has 4 rings (SSSR count). The molecular formula is C22H31N5O3. The maximum atomic E-state index is 12.5. The zero-order valence-corrected chi connectivity index (χ0v) is 17.7. The van der Waals surface area contributed by atoms with Crippen LogP contribution in [0.15, 0.2) is 29.3 Å². The number of rotatable bonds is 5. The predicted octanol–water partition coefficient (Wildman–Crippen LogP) is 0.769. The number of benzene rings is 1. The Labute approximate surface area is 176 Å². The molecule has 2 aliphatic heterocycles. The monoisotopic (exact) mass is 413 g/mol. The van der Waals surface area contributed by atoms with Crippen molar-refractivity contribution in [1.82, 2.24) is 19.4 Å². The number of piperazine rings is 1. The number of amides is 1. The van der Waals surface area contributed by atoms with E-state index >= 15 is 0 Å². The predicted molar refractivity (Wildman–Crippen MR) is 117 cm³/mol. The number of aliphatic hydroxyl groups excluding tert-OH is 1. The summed E-state index contributed by atoms with van der Waals surface area (Å²) in [5, 5.41) is 9.66. The first-order chi connectivity index (χ1) is 14.5. The highest BCUT2D eigenvalue weighted by Gasteiger charge is 2.25. The van der Waals surface area contributed by atoms with Gasteiger partial charge in [-0.05, 0) is 37.0 Å². The van der Waals surface area contributed by atoms with Crippen molar-refractivity contribution >= 4 is 22.5 Å². The van der Waals surface area contributed by atoms with Gasteiger partial charge in [-0.3, -0.25) is 19.1 Å². The van der Waals surface area contributed by atoms with Crippen LogP contribution in [0.4, 0.5) is 5.69 Å². The molecule has 2 saturated heterocycles. The van der Waals surface area contributed by atoms with Crippen molar-refractivity contribution < 1.29 is 9.90 Å². The highest BCUT2D eigenvalue weighted by molar-refractivity contribution is 5.81. The van der Waals surface area contributed by atoms with Crippen molar-refractivity contribution in [2.24, 2.45) is 5.92 Å². The first kappa shape index (κ1) is 20.8. The SMILES string of the molecule is CC(=O)N1CCCC(CN2CCN(c3ccc4c(=O)n(CCO)cnc4c3)CC2)C1. The van der Waals surface area contributed by atoms with Crippen LogP contribution >= 0.6 is 0 Å². The third kappa shape index (κ3) is 4.49. The fourth-order valence-corrected chi connectivity index (χ4v) is 4.66. The van der Waals surface area contributed by atoms with Gasteiger partial charge in [-0.15, -0.1) is 0 Å². The Morgan fingerprint density at radius 1 is 1.20 bits per heavy atom. The van der Waals surface area contributed by atoms with Crippen LogP contribution in [0.3, 0.4) is 0 Å². The lowest BCUT2D eigenvalue weighted by molar-refractivity contribution is -0.130. The average molecular weight is 414 g/mol. The van der Waals surface area contributed by atoms with E-state index in [9.17, 15) is 9.59 Å². The Balaban J connectivity index is 1.37. The lowest BCUT2D eigenvalue weighted by atomic mass is 9.97. The summed E-state index contributed by atoms with van der Waals surface area (Å²) in [6.07, 6.45) is 3.82. The summed E-state index contributed by atoms with van der Waals surface area (Å²) in [7, 11) is 0. The smallest absolute Gasteiger partial charge is 0.261 e. The molecule has 0 bridgehead atoms. The molecule has 1 aromatic heterocycles. The maximum Gasteiger partial charge on any atom is 0.261 e. The zero-order valence-electron chi connectivity index (χ0n) is 17.7. The summed E-state index contributed by atoms with van der Waals surface area (Å²) >= 11 is 0. The minimum atomic E-state index is -0.113. The molecule has 1 atom stereocenters. The van der Waals surface area contributed by atoms with E-state index in [1.807, 2.05) is 23.1 Å². The number of carbonyl (C=O) groups is 1. The molecule has 0 aliphatic carbocycles. The van der Waals surface area contributed by atoms with E-state index in [4.69, 9.17) is 5.11 Å². The Kier molecular flexibility index (Phi) is 6.34. The van der Waals surface area contributed by atoms with E-state index in [2.05, 4.69) is 14.8 Å². The Bertz CT molecular complexity index is 951. The van der Waals surface area contributed by atoms with Crippen LogP contribution in [0.1, 0.15) is 19.8 Å². The molecule has 8 nitrogen and oxygen atoms in total. The molecule has 162 valence electrons. The molecule has 0 saturated carbocycles. The third-order valence-corrected chi connectivity index (χ3v) is 6.37. The van der Waals surface area contributed by atoms with Gasteiger partial charge in [0.25, 0.3) is 5.56 Å². The van der Waals surface area contributed by atoms with Gasteiger partial charge in [0.2, 0.25) is 5.91 Å². The molecule has 3 heterocycles. The fourth-order valence-electron chi connectivity index (χ4n) is 4.66. The lowest BCUT2D eigenvalue weighted by Crippen LogP contribution is -2.50. The second-order valence-corrected chi connectivity index (χ2v) is 8.43. The summed E-state index contributed by atoms with van der Waals surface area (Å²) in [4.78, 5) is 35.4. The third-order valence-electron chi connectivity index (χ3n) is 6.37. The number of hydrogen-bond donors (Lipinski definition) is 1. The van der Waals surface area contributed by atoms with Crippen LogP contribution < -0.4 is 10.5 Å². The topological polar surface area (TPSA) is 81.9 Å². The molecule has 0 radical (unpaired) electrons. The van der Waals surface area contributed by atoms with Crippen LogP contribution in [-0.2, 0) is 11.3 Å². The minimum Gasteiger partial charge on any atom is -0.395 e. The molecule has 1 unspecified atom stereocenters. The number of hydrogen-bond acceptors (Lipinski definition) is 6. The van der Waals surface area contributed by atoms with Crippen LogP contribution in [0.5, 0.6) is 0 Å². The molecule has 1 amide bonds. The van der Waals surface area contributed by atoms with Gasteiger partial charge in [-0.1, -0.05) is 0 Å². The van der Waals surface area contributed by atoms with E-state index in [1.165, 1.54) is 17.3 Å². The van der Waals surface area contributed by atoms with Crippen LogP contribution in [0.2, 0.25) is 0 Å². The normalized spacial score (nSPS) is 20.7. The highest BCUT2D eigenvalue weighted by Crippen LogP contribution is 2.22. The zero-order chi connectivity index (χ0) is 21.1. The van der Waals surface area contributed by atoms with E-state index in [-0.39, 0.29) is 24.6 Å². The van der Waals surface area contributed by atoms with Crippen LogP contribution in [0, 0.1) is 5.92 Å². The van der Waals surface area contributed by atoms with E-state index in [1.54, 1.807) is 6.92 Å². The summed E-state index contributed by atoms with van der Waals surface area (Å²) in [5.41, 5.74) is 1.67. The van der Waals surface area contributed by atoms with Crippen molar-refractivity contribution in [1.29, 1.82) is 0 Å². The van der Waals surface area contributed by atoms with Gasteiger partial charge in [-0.2, -0.15) is 0 Å². The molecule has 30 heavy (non-hydrogen) atoms. The number of anilines is 1. The van der Waals surface area contributed by atoms with Crippen LogP contribution in [0.25, 0.3) is 10.9 Å². The summed E-state index contributed by atoms with van der Waals surface area (Å²) in [5.74, 6) is 0.762. The van der Waals surface area contributed by atoms with Gasteiger partial charge in [0.1, 0.15) is 0 Å².